The molecule has 3 aromatic carbocycles. The number of rotatable bonds is 8. The second-order valence-corrected chi connectivity index (χ2v) is 10.0. The molecule has 170 valence electrons. The maximum atomic E-state index is 12.5. The fraction of sp³-hybridized carbons (Fsp3) is 0.208. The standard InChI is InChI=1S/C24H22Br2N4O2S/c1-3-30-22(13-32-21-11-8-16-6-4-5-7-18(16)15(21)2)28-29-24(30)33-14-23(31)27-20-12-17(25)9-10-19(20)26/h4-12H,3,13-14H2,1-2H3,(H,27,31). The lowest BCUT2D eigenvalue weighted by atomic mass is 10.0. The molecule has 9 heteroatoms. The highest BCUT2D eigenvalue weighted by molar-refractivity contribution is 9.11. The molecule has 1 heterocycles. The summed E-state index contributed by atoms with van der Waals surface area (Å²) in [5.41, 5.74) is 1.81. The van der Waals surface area contributed by atoms with Gasteiger partial charge in [0.1, 0.15) is 12.4 Å². The van der Waals surface area contributed by atoms with Crippen LogP contribution >= 0.6 is 43.6 Å². The first-order valence-corrected chi connectivity index (χ1v) is 12.9. The van der Waals surface area contributed by atoms with Gasteiger partial charge in [0.2, 0.25) is 5.91 Å². The number of anilines is 1. The van der Waals surface area contributed by atoms with Gasteiger partial charge in [0.25, 0.3) is 0 Å². The van der Waals surface area contributed by atoms with Crippen LogP contribution in [0.2, 0.25) is 0 Å². The first-order chi connectivity index (χ1) is 16.0. The third-order valence-electron chi connectivity index (χ3n) is 5.15. The van der Waals surface area contributed by atoms with Gasteiger partial charge in [0.15, 0.2) is 11.0 Å². The van der Waals surface area contributed by atoms with Crippen molar-refractivity contribution in [2.75, 3.05) is 11.1 Å². The lowest BCUT2D eigenvalue weighted by molar-refractivity contribution is -0.113. The van der Waals surface area contributed by atoms with E-state index in [4.69, 9.17) is 4.74 Å². The van der Waals surface area contributed by atoms with Crippen LogP contribution in [0.25, 0.3) is 10.8 Å². The Kier molecular flexibility index (Phi) is 7.72. The molecule has 4 aromatic rings. The second kappa shape index (κ2) is 10.7. The van der Waals surface area contributed by atoms with Gasteiger partial charge in [-0.25, -0.2) is 0 Å². The molecule has 33 heavy (non-hydrogen) atoms. The maximum Gasteiger partial charge on any atom is 0.234 e. The zero-order valence-electron chi connectivity index (χ0n) is 18.1. The van der Waals surface area contributed by atoms with Gasteiger partial charge in [0.05, 0.1) is 11.4 Å². The summed E-state index contributed by atoms with van der Waals surface area (Å²) in [5, 5.41) is 14.5. The third-order valence-corrected chi connectivity index (χ3v) is 7.30. The number of hydrogen-bond acceptors (Lipinski definition) is 5. The molecular formula is C24H22Br2N4O2S. The third kappa shape index (κ3) is 5.59. The molecule has 0 saturated heterocycles. The summed E-state index contributed by atoms with van der Waals surface area (Å²) < 4.78 is 9.79. The lowest BCUT2D eigenvalue weighted by Gasteiger charge is -2.12. The summed E-state index contributed by atoms with van der Waals surface area (Å²) in [6.45, 7) is 5.07. The molecule has 1 aromatic heterocycles. The van der Waals surface area contributed by atoms with E-state index in [1.807, 2.05) is 47.9 Å². The highest BCUT2D eigenvalue weighted by atomic mass is 79.9. The van der Waals surface area contributed by atoms with E-state index in [1.54, 1.807) is 0 Å². The van der Waals surface area contributed by atoms with Crippen LogP contribution in [0.4, 0.5) is 5.69 Å². The average molecular weight is 590 g/mol. The van der Waals surface area contributed by atoms with Gasteiger partial charge in [-0.05, 0) is 70.4 Å². The van der Waals surface area contributed by atoms with Crippen LogP contribution in [0.5, 0.6) is 5.75 Å². The number of amides is 1. The summed E-state index contributed by atoms with van der Waals surface area (Å²) >= 11 is 8.22. The Bertz CT molecular complexity index is 1310. The highest BCUT2D eigenvalue weighted by Gasteiger charge is 2.15. The number of aromatic nitrogens is 3. The van der Waals surface area contributed by atoms with Crippen LogP contribution < -0.4 is 10.1 Å². The molecule has 0 atom stereocenters. The number of carbonyl (C=O) groups is 1. The monoisotopic (exact) mass is 588 g/mol. The normalized spacial score (nSPS) is 11.0. The fourth-order valence-electron chi connectivity index (χ4n) is 3.47. The molecule has 0 aliphatic rings. The summed E-state index contributed by atoms with van der Waals surface area (Å²) in [6.07, 6.45) is 0. The second-order valence-electron chi connectivity index (χ2n) is 7.30. The predicted octanol–water partition coefficient (Wildman–Crippen LogP) is 6.59. The van der Waals surface area contributed by atoms with Crippen LogP contribution in [0.15, 0.2) is 68.7 Å². The van der Waals surface area contributed by atoms with Crippen molar-refractivity contribution in [3.63, 3.8) is 0 Å². The van der Waals surface area contributed by atoms with Gasteiger partial charge < -0.3 is 14.6 Å². The van der Waals surface area contributed by atoms with Crippen LogP contribution in [-0.4, -0.2) is 26.4 Å². The topological polar surface area (TPSA) is 69.0 Å². The zero-order chi connectivity index (χ0) is 23.4. The molecule has 0 bridgehead atoms. The van der Waals surface area contributed by atoms with Gasteiger partial charge in [-0.3, -0.25) is 4.79 Å². The molecule has 0 unspecified atom stereocenters. The number of carbonyl (C=O) groups excluding carboxylic acids is 1. The van der Waals surface area contributed by atoms with Crippen molar-refractivity contribution in [1.82, 2.24) is 14.8 Å². The Balaban J connectivity index is 1.40. The van der Waals surface area contributed by atoms with E-state index in [0.717, 1.165) is 26.1 Å². The number of hydrogen-bond donors (Lipinski definition) is 1. The largest absolute Gasteiger partial charge is 0.485 e. The quantitative estimate of drug-likeness (QED) is 0.235. The highest BCUT2D eigenvalue weighted by Crippen LogP contribution is 2.29. The molecule has 0 spiro atoms. The Morgan fingerprint density at radius 2 is 1.94 bits per heavy atom. The van der Waals surface area contributed by atoms with E-state index >= 15 is 0 Å². The predicted molar refractivity (Wildman–Crippen MR) is 140 cm³/mol. The van der Waals surface area contributed by atoms with E-state index in [9.17, 15) is 4.79 Å². The minimum atomic E-state index is -0.117. The van der Waals surface area contributed by atoms with Crippen molar-refractivity contribution < 1.29 is 9.53 Å². The summed E-state index contributed by atoms with van der Waals surface area (Å²) in [4.78, 5) is 12.5. The van der Waals surface area contributed by atoms with Crippen LogP contribution in [0, 0.1) is 6.92 Å². The molecule has 0 fully saturated rings. The summed E-state index contributed by atoms with van der Waals surface area (Å²) in [7, 11) is 0. The van der Waals surface area contributed by atoms with Gasteiger partial charge in [-0.1, -0.05) is 58.0 Å². The van der Waals surface area contributed by atoms with Crippen molar-refractivity contribution in [2.24, 2.45) is 0 Å². The molecular weight excluding hydrogens is 568 g/mol. The first kappa shape index (κ1) is 23.8. The van der Waals surface area contributed by atoms with E-state index in [0.29, 0.717) is 24.0 Å². The molecule has 0 saturated carbocycles. The van der Waals surface area contributed by atoms with Gasteiger partial charge >= 0.3 is 0 Å². The number of halogens is 2. The van der Waals surface area contributed by atoms with Gasteiger partial charge in [0, 0.05) is 15.5 Å². The molecule has 1 amide bonds. The van der Waals surface area contributed by atoms with Crippen LogP contribution in [0.1, 0.15) is 18.3 Å². The van der Waals surface area contributed by atoms with Crippen molar-refractivity contribution in [2.45, 2.75) is 32.2 Å². The molecule has 6 nitrogen and oxygen atoms in total. The van der Waals surface area contributed by atoms with Crippen molar-refractivity contribution in [1.29, 1.82) is 0 Å². The molecule has 0 radical (unpaired) electrons. The average Bonchev–Trinajstić information content (AvgIpc) is 3.21. The van der Waals surface area contributed by atoms with Crippen molar-refractivity contribution >= 4 is 66.0 Å². The Hall–Kier alpha value is -2.36. The SMILES string of the molecule is CCn1c(COc2ccc3ccccc3c2C)nnc1SCC(=O)Nc1cc(Br)ccc1Br. The van der Waals surface area contributed by atoms with Crippen LogP contribution in [0.3, 0.4) is 0 Å². The van der Waals surface area contributed by atoms with Crippen molar-refractivity contribution in [3.8, 4) is 5.75 Å². The maximum absolute atomic E-state index is 12.5. The van der Waals surface area contributed by atoms with E-state index in [-0.39, 0.29) is 11.7 Å². The Morgan fingerprint density at radius 3 is 2.76 bits per heavy atom. The van der Waals surface area contributed by atoms with Gasteiger partial charge in [-0.2, -0.15) is 0 Å². The zero-order valence-corrected chi connectivity index (χ0v) is 22.1. The summed E-state index contributed by atoms with van der Waals surface area (Å²) in [5.74, 6) is 1.66. The van der Waals surface area contributed by atoms with E-state index in [1.165, 1.54) is 22.5 Å². The van der Waals surface area contributed by atoms with E-state index < -0.39 is 0 Å². The number of aryl methyl sites for hydroxylation is 1. The van der Waals surface area contributed by atoms with Crippen molar-refractivity contribution in [3.05, 3.63) is 74.9 Å². The minimum absolute atomic E-state index is 0.117. The number of nitrogens with zero attached hydrogens (tertiary/aromatic N) is 3. The Labute approximate surface area is 213 Å². The fourth-order valence-corrected chi connectivity index (χ4v) is 4.99. The number of nitrogens with one attached hydrogen (secondary N) is 1. The van der Waals surface area contributed by atoms with Crippen LogP contribution in [-0.2, 0) is 17.9 Å². The summed E-state index contributed by atoms with van der Waals surface area (Å²) in [6, 6.07) is 17.9. The molecule has 0 aliphatic carbocycles. The lowest BCUT2D eigenvalue weighted by Crippen LogP contribution is -2.15. The minimum Gasteiger partial charge on any atom is -0.485 e. The number of benzene rings is 3. The molecule has 0 aliphatic heterocycles. The molecule has 1 N–H and O–H groups in total. The number of thioether (sulfide) groups is 1. The molecule has 4 rings (SSSR count). The van der Waals surface area contributed by atoms with E-state index in [2.05, 4.69) is 72.5 Å². The number of fused-ring (bicyclic) bond motifs is 1. The number of ether oxygens (including phenoxy) is 1. The Morgan fingerprint density at radius 1 is 1.12 bits per heavy atom. The van der Waals surface area contributed by atoms with Gasteiger partial charge in [-0.15, -0.1) is 10.2 Å². The first-order valence-electron chi connectivity index (χ1n) is 10.4. The smallest absolute Gasteiger partial charge is 0.234 e.